The van der Waals surface area contributed by atoms with Crippen molar-refractivity contribution in [2.45, 2.75) is 45.4 Å². The number of esters is 1. The van der Waals surface area contributed by atoms with E-state index < -0.39 is 29.6 Å². The van der Waals surface area contributed by atoms with Crippen molar-refractivity contribution in [1.29, 1.82) is 0 Å². The first-order valence-corrected chi connectivity index (χ1v) is 9.59. The highest BCUT2D eigenvalue weighted by Gasteiger charge is 2.25. The average molecular weight is 413 g/mol. The van der Waals surface area contributed by atoms with Crippen LogP contribution in [0, 0.1) is 0 Å². The SMILES string of the molecule is CC(C)(C)OC(=O)N[C@@H](Cc1ccccn1)C(=O)NCC(=O)OCc1ccccc1. The van der Waals surface area contributed by atoms with E-state index in [1.54, 1.807) is 45.2 Å². The fourth-order valence-electron chi connectivity index (χ4n) is 2.46. The molecular weight excluding hydrogens is 386 g/mol. The zero-order valence-electron chi connectivity index (χ0n) is 17.4. The fourth-order valence-corrected chi connectivity index (χ4v) is 2.46. The van der Waals surface area contributed by atoms with E-state index in [1.165, 1.54) is 0 Å². The molecule has 2 N–H and O–H groups in total. The third-order valence-electron chi connectivity index (χ3n) is 3.80. The van der Waals surface area contributed by atoms with Gasteiger partial charge in [-0.3, -0.25) is 14.6 Å². The molecule has 0 spiro atoms. The summed E-state index contributed by atoms with van der Waals surface area (Å²) in [6.07, 6.45) is 1.01. The standard InChI is InChI=1S/C22H27N3O5/c1-22(2,3)30-21(28)25-18(13-17-11-7-8-12-23-17)20(27)24-14-19(26)29-15-16-9-5-4-6-10-16/h4-12,18H,13-15H2,1-3H3,(H,24,27)(H,25,28)/t18-/m0/s1. The molecule has 0 fully saturated rings. The summed E-state index contributed by atoms with van der Waals surface area (Å²) in [7, 11) is 0. The largest absolute Gasteiger partial charge is 0.460 e. The van der Waals surface area contributed by atoms with Gasteiger partial charge in [0.15, 0.2) is 0 Å². The first kappa shape index (κ1) is 22.9. The molecule has 30 heavy (non-hydrogen) atoms. The number of alkyl carbamates (subject to hydrolysis) is 1. The van der Waals surface area contributed by atoms with Crippen LogP contribution in [-0.2, 0) is 32.1 Å². The minimum atomic E-state index is -0.961. The summed E-state index contributed by atoms with van der Waals surface area (Å²) in [6, 6.07) is 13.5. The number of hydrogen-bond acceptors (Lipinski definition) is 6. The number of ether oxygens (including phenoxy) is 2. The minimum Gasteiger partial charge on any atom is -0.460 e. The molecule has 8 heteroatoms. The maximum Gasteiger partial charge on any atom is 0.408 e. The van der Waals surface area contributed by atoms with Crippen LogP contribution in [0.5, 0.6) is 0 Å². The van der Waals surface area contributed by atoms with E-state index in [0.717, 1.165) is 5.56 Å². The van der Waals surface area contributed by atoms with Gasteiger partial charge in [0.2, 0.25) is 5.91 Å². The van der Waals surface area contributed by atoms with Crippen LogP contribution >= 0.6 is 0 Å². The van der Waals surface area contributed by atoms with Gasteiger partial charge in [-0.2, -0.15) is 0 Å². The Balaban J connectivity index is 1.92. The van der Waals surface area contributed by atoms with Gasteiger partial charge in [0, 0.05) is 18.3 Å². The first-order chi connectivity index (χ1) is 14.2. The first-order valence-electron chi connectivity index (χ1n) is 9.59. The van der Waals surface area contributed by atoms with E-state index in [9.17, 15) is 14.4 Å². The number of nitrogens with zero attached hydrogens (tertiary/aromatic N) is 1. The van der Waals surface area contributed by atoms with Gasteiger partial charge in [-0.05, 0) is 38.5 Å². The van der Waals surface area contributed by atoms with Crippen molar-refractivity contribution in [1.82, 2.24) is 15.6 Å². The predicted molar refractivity (Wildman–Crippen MR) is 110 cm³/mol. The summed E-state index contributed by atoms with van der Waals surface area (Å²) < 4.78 is 10.4. The molecule has 0 bridgehead atoms. The molecule has 1 heterocycles. The number of benzene rings is 1. The van der Waals surface area contributed by atoms with Gasteiger partial charge in [-0.15, -0.1) is 0 Å². The highest BCUT2D eigenvalue weighted by Crippen LogP contribution is 2.08. The zero-order valence-corrected chi connectivity index (χ0v) is 17.4. The van der Waals surface area contributed by atoms with Gasteiger partial charge in [-0.1, -0.05) is 36.4 Å². The van der Waals surface area contributed by atoms with Gasteiger partial charge in [0.05, 0.1) is 0 Å². The van der Waals surface area contributed by atoms with Crippen LogP contribution in [0.3, 0.4) is 0 Å². The number of aromatic nitrogens is 1. The Labute approximate surface area is 176 Å². The maximum absolute atomic E-state index is 12.6. The van der Waals surface area contributed by atoms with Crippen LogP contribution in [0.1, 0.15) is 32.0 Å². The molecule has 2 rings (SSSR count). The Morgan fingerprint density at radius 2 is 1.73 bits per heavy atom. The topological polar surface area (TPSA) is 107 Å². The van der Waals surface area contributed by atoms with Gasteiger partial charge in [0.25, 0.3) is 0 Å². The smallest absolute Gasteiger partial charge is 0.408 e. The Bertz CT molecular complexity index is 835. The van der Waals surface area contributed by atoms with Crippen molar-refractivity contribution < 1.29 is 23.9 Å². The fraction of sp³-hybridized carbons (Fsp3) is 0.364. The molecule has 0 radical (unpaired) electrons. The van der Waals surface area contributed by atoms with Crippen LogP contribution in [0.2, 0.25) is 0 Å². The second kappa shape index (κ2) is 10.9. The van der Waals surface area contributed by atoms with E-state index in [2.05, 4.69) is 15.6 Å². The van der Waals surface area contributed by atoms with Crippen LogP contribution in [0.4, 0.5) is 4.79 Å². The highest BCUT2D eigenvalue weighted by atomic mass is 16.6. The molecule has 160 valence electrons. The molecule has 2 aromatic rings. The third-order valence-corrected chi connectivity index (χ3v) is 3.80. The molecule has 1 aromatic heterocycles. The maximum atomic E-state index is 12.6. The number of pyridine rings is 1. The van der Waals surface area contributed by atoms with Gasteiger partial charge in [0.1, 0.15) is 24.8 Å². The lowest BCUT2D eigenvalue weighted by Gasteiger charge is -2.23. The lowest BCUT2D eigenvalue weighted by molar-refractivity contribution is -0.145. The van der Waals surface area contributed by atoms with Crippen LogP contribution in [0.15, 0.2) is 54.7 Å². The van der Waals surface area contributed by atoms with Crippen molar-refractivity contribution in [2.24, 2.45) is 0 Å². The van der Waals surface area contributed by atoms with Crippen molar-refractivity contribution in [3.8, 4) is 0 Å². The number of hydrogen-bond donors (Lipinski definition) is 2. The predicted octanol–water partition coefficient (Wildman–Crippen LogP) is 2.38. The molecule has 2 amide bonds. The number of nitrogens with one attached hydrogen (secondary N) is 2. The minimum absolute atomic E-state index is 0.114. The van der Waals surface area contributed by atoms with E-state index in [1.807, 2.05) is 30.3 Å². The second-order valence-corrected chi connectivity index (χ2v) is 7.59. The van der Waals surface area contributed by atoms with Crippen LogP contribution in [-0.4, -0.2) is 41.1 Å². The summed E-state index contributed by atoms with van der Waals surface area (Å²) in [5, 5.41) is 5.03. The quantitative estimate of drug-likeness (QED) is 0.644. The van der Waals surface area contributed by atoms with E-state index in [0.29, 0.717) is 5.69 Å². The lowest BCUT2D eigenvalue weighted by atomic mass is 10.1. The van der Waals surface area contributed by atoms with Crippen molar-refractivity contribution >= 4 is 18.0 Å². The average Bonchev–Trinajstić information content (AvgIpc) is 2.70. The third kappa shape index (κ3) is 8.72. The van der Waals surface area contributed by atoms with Gasteiger partial charge < -0.3 is 20.1 Å². The van der Waals surface area contributed by atoms with Crippen LogP contribution < -0.4 is 10.6 Å². The zero-order chi connectivity index (χ0) is 22.0. The van der Waals surface area contributed by atoms with Gasteiger partial charge >= 0.3 is 12.1 Å². The van der Waals surface area contributed by atoms with E-state index in [-0.39, 0.29) is 19.6 Å². The molecular formula is C22H27N3O5. The highest BCUT2D eigenvalue weighted by molar-refractivity contribution is 5.88. The second-order valence-electron chi connectivity index (χ2n) is 7.59. The lowest BCUT2D eigenvalue weighted by Crippen LogP contribution is -2.50. The molecule has 0 saturated heterocycles. The number of carbonyl (C=O) groups excluding carboxylic acids is 3. The Kier molecular flexibility index (Phi) is 8.34. The summed E-state index contributed by atoms with van der Waals surface area (Å²) in [5.74, 6) is -1.12. The van der Waals surface area contributed by atoms with Crippen LogP contribution in [0.25, 0.3) is 0 Å². The Hall–Kier alpha value is -3.42. The van der Waals surface area contributed by atoms with Crippen molar-refractivity contribution in [3.63, 3.8) is 0 Å². The molecule has 0 aliphatic carbocycles. The summed E-state index contributed by atoms with van der Waals surface area (Å²) in [4.78, 5) is 40.9. The van der Waals surface area contributed by atoms with E-state index in [4.69, 9.17) is 9.47 Å². The number of carbonyl (C=O) groups is 3. The summed E-state index contributed by atoms with van der Waals surface area (Å²) >= 11 is 0. The molecule has 0 aliphatic rings. The Morgan fingerprint density at radius 1 is 1.03 bits per heavy atom. The number of amides is 2. The molecule has 1 atom stereocenters. The summed E-state index contributed by atoms with van der Waals surface area (Å²) in [6.45, 7) is 4.97. The van der Waals surface area contributed by atoms with Crippen molar-refractivity contribution in [2.75, 3.05) is 6.54 Å². The van der Waals surface area contributed by atoms with Gasteiger partial charge in [-0.25, -0.2) is 4.79 Å². The number of rotatable bonds is 8. The molecule has 0 unspecified atom stereocenters. The molecule has 0 aliphatic heterocycles. The normalized spacial score (nSPS) is 11.8. The summed E-state index contributed by atoms with van der Waals surface area (Å²) in [5.41, 5.74) is 0.745. The molecule has 1 aromatic carbocycles. The molecule has 8 nitrogen and oxygen atoms in total. The van der Waals surface area contributed by atoms with Crippen molar-refractivity contribution in [3.05, 3.63) is 66.0 Å². The molecule has 0 saturated carbocycles. The van der Waals surface area contributed by atoms with E-state index >= 15 is 0 Å². The Morgan fingerprint density at radius 3 is 2.37 bits per heavy atom. The monoisotopic (exact) mass is 413 g/mol.